The lowest BCUT2D eigenvalue weighted by molar-refractivity contribution is 0.626. The molecule has 3 aromatic rings. The molecule has 0 aliphatic heterocycles. The van der Waals surface area contributed by atoms with Crippen LogP contribution in [0.4, 0.5) is 8.78 Å². The Hall–Kier alpha value is -3.16. The fraction of sp³-hybridized carbons (Fsp3) is 0.0556. The van der Waals surface area contributed by atoms with Gasteiger partial charge in [0.05, 0.1) is 16.7 Å². The number of nitrogens with zero attached hydrogens (tertiary/aromatic N) is 2. The van der Waals surface area contributed by atoms with Crippen molar-refractivity contribution in [1.82, 2.24) is 4.98 Å². The molecule has 0 fully saturated rings. The lowest BCUT2D eigenvalue weighted by atomic mass is 10.1. The van der Waals surface area contributed by atoms with Crippen LogP contribution < -0.4 is 5.56 Å². The number of benzene rings is 2. The minimum atomic E-state index is -0.580. The minimum absolute atomic E-state index is 0.0946. The van der Waals surface area contributed by atoms with Crippen LogP contribution in [0, 0.1) is 34.3 Å². The monoisotopic (exact) mass is 353 g/mol. The van der Waals surface area contributed by atoms with Crippen LogP contribution in [0.1, 0.15) is 16.7 Å². The zero-order valence-corrected chi connectivity index (χ0v) is 13.5. The number of aromatic nitrogens is 1. The molecule has 0 saturated heterocycles. The molecule has 25 heavy (non-hydrogen) atoms. The molecule has 1 heterocycles. The number of hydrogen-bond acceptors (Lipinski definition) is 4. The van der Waals surface area contributed by atoms with Crippen LogP contribution in [0.3, 0.4) is 0 Å². The van der Waals surface area contributed by atoms with Gasteiger partial charge in [0.1, 0.15) is 23.3 Å². The highest BCUT2D eigenvalue weighted by Gasteiger charge is 2.13. The van der Waals surface area contributed by atoms with Gasteiger partial charge >= 0.3 is 0 Å². The van der Waals surface area contributed by atoms with Crippen molar-refractivity contribution >= 4 is 22.5 Å². The number of nitriles is 2. The summed E-state index contributed by atoms with van der Waals surface area (Å²) in [5, 5.41) is 19.3. The number of H-pyrrole nitrogens is 1. The molecule has 0 radical (unpaired) electrons. The van der Waals surface area contributed by atoms with Crippen molar-refractivity contribution in [2.24, 2.45) is 0 Å². The van der Waals surface area contributed by atoms with Crippen molar-refractivity contribution in [3.63, 3.8) is 0 Å². The van der Waals surface area contributed by atoms with Crippen LogP contribution in [0.2, 0.25) is 0 Å². The summed E-state index contributed by atoms with van der Waals surface area (Å²) in [6.45, 7) is 0. The van der Waals surface area contributed by atoms with E-state index in [-0.39, 0.29) is 11.3 Å². The van der Waals surface area contributed by atoms with Crippen LogP contribution in [0.25, 0.3) is 10.8 Å². The lowest BCUT2D eigenvalue weighted by Crippen LogP contribution is -2.12. The first-order chi connectivity index (χ1) is 12.0. The molecular formula is C18H9F2N3OS. The van der Waals surface area contributed by atoms with E-state index in [0.717, 1.165) is 11.8 Å². The lowest BCUT2D eigenvalue weighted by Gasteiger charge is -2.09. The molecule has 4 nitrogen and oxygen atoms in total. The molecule has 0 aliphatic carbocycles. The SMILES string of the molecule is N#Cc1ccc(F)cc1CSc1[nH]c(=O)c(C#N)c2ccc(F)cc12. The van der Waals surface area contributed by atoms with Gasteiger partial charge in [0, 0.05) is 16.5 Å². The zero-order chi connectivity index (χ0) is 18.0. The molecule has 3 rings (SSSR count). The Morgan fingerprint density at radius 1 is 1.00 bits per heavy atom. The normalized spacial score (nSPS) is 10.4. The van der Waals surface area contributed by atoms with E-state index in [2.05, 4.69) is 4.98 Å². The summed E-state index contributed by atoms with van der Waals surface area (Å²) in [5.41, 5.74) is 0.106. The Morgan fingerprint density at radius 2 is 1.72 bits per heavy atom. The van der Waals surface area contributed by atoms with Crippen molar-refractivity contribution in [1.29, 1.82) is 10.5 Å². The first-order valence-electron chi connectivity index (χ1n) is 7.10. The van der Waals surface area contributed by atoms with Gasteiger partial charge in [-0.3, -0.25) is 4.79 Å². The fourth-order valence-electron chi connectivity index (χ4n) is 2.44. The maximum Gasteiger partial charge on any atom is 0.267 e. The van der Waals surface area contributed by atoms with E-state index >= 15 is 0 Å². The standard InChI is InChI=1S/C18H9F2N3OS/c19-12-2-1-10(7-21)11(5-12)9-25-18-15-6-13(20)3-4-14(15)16(8-22)17(24)23-18/h1-6H,9H2,(H,23,24). The van der Waals surface area contributed by atoms with E-state index in [1.165, 1.54) is 36.4 Å². The highest BCUT2D eigenvalue weighted by Crippen LogP contribution is 2.30. The Bertz CT molecular complexity index is 1130. The average Bonchev–Trinajstić information content (AvgIpc) is 2.60. The van der Waals surface area contributed by atoms with Gasteiger partial charge in [-0.2, -0.15) is 10.5 Å². The Labute approximate surface area is 145 Å². The second-order valence-corrected chi connectivity index (χ2v) is 6.15. The van der Waals surface area contributed by atoms with Gasteiger partial charge < -0.3 is 4.98 Å². The molecule has 7 heteroatoms. The van der Waals surface area contributed by atoms with Gasteiger partial charge in [-0.1, -0.05) is 0 Å². The fourth-order valence-corrected chi connectivity index (χ4v) is 3.47. The van der Waals surface area contributed by atoms with Gasteiger partial charge in [0.25, 0.3) is 5.56 Å². The van der Waals surface area contributed by atoms with Gasteiger partial charge in [0.15, 0.2) is 0 Å². The molecular weight excluding hydrogens is 344 g/mol. The van der Waals surface area contributed by atoms with Crippen LogP contribution in [0.15, 0.2) is 46.2 Å². The second-order valence-electron chi connectivity index (χ2n) is 5.16. The van der Waals surface area contributed by atoms with Crippen LogP contribution in [-0.2, 0) is 5.75 Å². The summed E-state index contributed by atoms with van der Waals surface area (Å²) >= 11 is 1.13. The Balaban J connectivity index is 2.07. The third-order valence-electron chi connectivity index (χ3n) is 3.62. The average molecular weight is 353 g/mol. The molecule has 0 aliphatic rings. The third-order valence-corrected chi connectivity index (χ3v) is 4.69. The molecule has 122 valence electrons. The van der Waals surface area contributed by atoms with Crippen molar-refractivity contribution in [2.45, 2.75) is 10.8 Å². The summed E-state index contributed by atoms with van der Waals surface area (Å²) < 4.78 is 27.0. The molecule has 1 aromatic heterocycles. The molecule has 0 amide bonds. The number of rotatable bonds is 3. The number of halogens is 2. The second kappa shape index (κ2) is 6.76. The topological polar surface area (TPSA) is 80.4 Å². The first kappa shape index (κ1) is 16.7. The quantitative estimate of drug-likeness (QED) is 0.726. The van der Waals surface area contributed by atoms with E-state index in [0.29, 0.717) is 26.9 Å². The number of fused-ring (bicyclic) bond motifs is 1. The van der Waals surface area contributed by atoms with Gasteiger partial charge in [-0.05, 0) is 42.0 Å². The number of pyridine rings is 1. The van der Waals surface area contributed by atoms with Gasteiger partial charge in [0.2, 0.25) is 0 Å². The maximum atomic E-state index is 13.6. The van der Waals surface area contributed by atoms with Gasteiger partial charge in [-0.15, -0.1) is 11.8 Å². The summed E-state index contributed by atoms with van der Waals surface area (Å²) in [6, 6.07) is 11.4. The minimum Gasteiger partial charge on any atom is -0.315 e. The van der Waals surface area contributed by atoms with E-state index in [9.17, 15) is 13.6 Å². The van der Waals surface area contributed by atoms with Crippen molar-refractivity contribution < 1.29 is 8.78 Å². The summed E-state index contributed by atoms with van der Waals surface area (Å²) in [5.74, 6) is -0.777. The van der Waals surface area contributed by atoms with E-state index in [4.69, 9.17) is 10.5 Å². The zero-order valence-electron chi connectivity index (χ0n) is 12.6. The number of thioether (sulfide) groups is 1. The molecule has 0 unspecified atom stereocenters. The highest BCUT2D eigenvalue weighted by molar-refractivity contribution is 7.98. The van der Waals surface area contributed by atoms with Crippen LogP contribution in [0.5, 0.6) is 0 Å². The molecule has 0 atom stereocenters. The van der Waals surface area contributed by atoms with Crippen LogP contribution >= 0.6 is 11.8 Å². The third kappa shape index (κ3) is 3.23. The highest BCUT2D eigenvalue weighted by atomic mass is 32.2. The molecule has 0 spiro atoms. The van der Waals surface area contributed by atoms with E-state index in [1.54, 1.807) is 0 Å². The predicted octanol–water partition coefficient (Wildman–Crippen LogP) is 3.84. The van der Waals surface area contributed by atoms with Crippen molar-refractivity contribution in [3.05, 3.63) is 75.1 Å². The van der Waals surface area contributed by atoms with E-state index in [1.807, 2.05) is 12.1 Å². The van der Waals surface area contributed by atoms with Crippen molar-refractivity contribution in [2.75, 3.05) is 0 Å². The summed E-state index contributed by atoms with van der Waals surface area (Å²) in [6.07, 6.45) is 0. The summed E-state index contributed by atoms with van der Waals surface area (Å²) in [4.78, 5) is 14.6. The molecule has 1 N–H and O–H groups in total. The van der Waals surface area contributed by atoms with E-state index < -0.39 is 17.2 Å². The predicted molar refractivity (Wildman–Crippen MR) is 89.9 cm³/mol. The maximum absolute atomic E-state index is 13.6. The molecule has 0 saturated carbocycles. The van der Waals surface area contributed by atoms with Crippen molar-refractivity contribution in [3.8, 4) is 12.1 Å². The number of aromatic amines is 1. The smallest absolute Gasteiger partial charge is 0.267 e. The number of nitrogens with one attached hydrogen (secondary N) is 1. The molecule has 2 aromatic carbocycles. The molecule has 0 bridgehead atoms. The van der Waals surface area contributed by atoms with Gasteiger partial charge in [-0.25, -0.2) is 8.78 Å². The Morgan fingerprint density at radius 3 is 2.44 bits per heavy atom. The Kier molecular flexibility index (Phi) is 4.51. The largest absolute Gasteiger partial charge is 0.315 e. The number of hydrogen-bond donors (Lipinski definition) is 1. The first-order valence-corrected chi connectivity index (χ1v) is 8.09. The summed E-state index contributed by atoms with van der Waals surface area (Å²) in [7, 11) is 0. The van der Waals surface area contributed by atoms with Crippen LogP contribution in [-0.4, -0.2) is 4.98 Å².